The van der Waals surface area contributed by atoms with Crippen molar-refractivity contribution in [1.29, 1.82) is 0 Å². The van der Waals surface area contributed by atoms with Crippen LogP contribution in [0.1, 0.15) is 58.4 Å². The molecule has 0 unspecified atom stereocenters. The monoisotopic (exact) mass is 406 g/mol. The molecule has 1 N–H and O–H groups in total. The molecule has 4 bridgehead atoms. The minimum Gasteiger partial charge on any atom is -0.296 e. The largest absolute Gasteiger partial charge is 0.308 e. The minimum atomic E-state index is -3.59. The van der Waals surface area contributed by atoms with Gasteiger partial charge in [-0.25, -0.2) is 13.1 Å². The van der Waals surface area contributed by atoms with Gasteiger partial charge in [-0.3, -0.25) is 9.36 Å². The van der Waals surface area contributed by atoms with Crippen molar-refractivity contribution in [3.8, 4) is 0 Å². The quantitative estimate of drug-likeness (QED) is 0.837. The third kappa shape index (κ3) is 2.89. The number of thiazole rings is 1. The lowest BCUT2D eigenvalue weighted by molar-refractivity contribution is -0.00810. The van der Waals surface area contributed by atoms with Crippen molar-refractivity contribution >= 4 is 31.6 Å². The number of benzene rings is 1. The van der Waals surface area contributed by atoms with Crippen LogP contribution in [0.5, 0.6) is 0 Å². The molecule has 4 aliphatic rings. The second-order valence-electron chi connectivity index (χ2n) is 9.26. The molecule has 0 saturated heterocycles. The molecule has 6 rings (SSSR count). The van der Waals surface area contributed by atoms with E-state index in [1.54, 1.807) is 22.8 Å². The van der Waals surface area contributed by atoms with Gasteiger partial charge in [0.05, 0.1) is 15.1 Å². The van der Waals surface area contributed by atoms with Gasteiger partial charge in [0.2, 0.25) is 10.0 Å². The molecular weight excluding hydrogens is 380 g/mol. The summed E-state index contributed by atoms with van der Waals surface area (Å²) in [6.45, 7) is 3.93. The Kier molecular flexibility index (Phi) is 3.91. The molecule has 4 aliphatic carbocycles. The summed E-state index contributed by atoms with van der Waals surface area (Å²) in [5.74, 6) is 2.06. The van der Waals surface area contributed by atoms with E-state index in [0.717, 1.165) is 40.8 Å². The average molecular weight is 407 g/mol. The van der Waals surface area contributed by atoms with Crippen molar-refractivity contribution < 1.29 is 8.42 Å². The van der Waals surface area contributed by atoms with Crippen LogP contribution in [-0.4, -0.2) is 18.5 Å². The lowest BCUT2D eigenvalue weighted by Gasteiger charge is -2.56. The van der Waals surface area contributed by atoms with E-state index < -0.39 is 10.0 Å². The van der Waals surface area contributed by atoms with Crippen LogP contribution in [0.3, 0.4) is 0 Å². The number of nitrogens with zero attached hydrogens (tertiary/aromatic N) is 1. The molecule has 1 aromatic heterocycles. The zero-order valence-electron chi connectivity index (χ0n) is 15.8. The number of rotatable bonds is 4. The van der Waals surface area contributed by atoms with Crippen molar-refractivity contribution in [2.45, 2.75) is 68.8 Å². The van der Waals surface area contributed by atoms with Crippen molar-refractivity contribution in [2.75, 3.05) is 0 Å². The highest BCUT2D eigenvalue weighted by Gasteiger charge is 2.52. The van der Waals surface area contributed by atoms with Crippen molar-refractivity contribution in [3.63, 3.8) is 0 Å². The second-order valence-corrected chi connectivity index (χ2v) is 11.9. The number of aromatic nitrogens is 1. The van der Waals surface area contributed by atoms with Crippen LogP contribution in [0.15, 0.2) is 27.9 Å². The Morgan fingerprint density at radius 2 is 1.70 bits per heavy atom. The molecule has 27 heavy (non-hydrogen) atoms. The average Bonchev–Trinajstić information content (AvgIpc) is 2.87. The van der Waals surface area contributed by atoms with Crippen LogP contribution in [0, 0.1) is 17.8 Å². The Bertz CT molecular complexity index is 1030. The first-order valence-electron chi connectivity index (χ1n) is 9.94. The first-order valence-corrected chi connectivity index (χ1v) is 12.2. The van der Waals surface area contributed by atoms with Crippen LogP contribution in [0.2, 0.25) is 0 Å². The summed E-state index contributed by atoms with van der Waals surface area (Å²) >= 11 is 1.12. The predicted octanol–water partition coefficient (Wildman–Crippen LogP) is 3.89. The zero-order chi connectivity index (χ0) is 19.0. The number of fused-ring (bicyclic) bond motifs is 1. The van der Waals surface area contributed by atoms with E-state index in [1.165, 1.54) is 19.3 Å². The molecule has 0 amide bonds. The fourth-order valence-electron chi connectivity index (χ4n) is 6.25. The van der Waals surface area contributed by atoms with Gasteiger partial charge in [0.15, 0.2) is 0 Å². The Morgan fingerprint density at radius 1 is 1.11 bits per heavy atom. The molecule has 7 heteroatoms. The summed E-state index contributed by atoms with van der Waals surface area (Å²) in [7, 11) is -3.59. The molecule has 1 heterocycles. The zero-order valence-corrected chi connectivity index (χ0v) is 17.4. The maximum Gasteiger partial charge on any atom is 0.308 e. The first-order chi connectivity index (χ1) is 12.7. The molecule has 0 atom stereocenters. The van der Waals surface area contributed by atoms with E-state index >= 15 is 0 Å². The molecule has 0 spiro atoms. The topological polar surface area (TPSA) is 68.2 Å². The second kappa shape index (κ2) is 5.91. The summed E-state index contributed by atoms with van der Waals surface area (Å²) in [6, 6.07) is 5.15. The molecule has 146 valence electrons. The number of sulfonamides is 1. The molecule has 2 aromatic rings. The maximum atomic E-state index is 13.2. The summed E-state index contributed by atoms with van der Waals surface area (Å²) < 4.78 is 32.0. The molecule has 4 saturated carbocycles. The van der Waals surface area contributed by atoms with Crippen molar-refractivity contribution in [3.05, 3.63) is 27.9 Å². The number of hydrogen-bond donors (Lipinski definition) is 1. The molecule has 4 fully saturated rings. The fraction of sp³-hybridized carbons (Fsp3) is 0.650. The highest BCUT2D eigenvalue weighted by atomic mass is 32.2. The summed E-state index contributed by atoms with van der Waals surface area (Å²) in [6.07, 6.45) is 6.80. The van der Waals surface area contributed by atoms with Gasteiger partial charge in [0, 0.05) is 11.6 Å². The highest BCUT2D eigenvalue weighted by molar-refractivity contribution is 7.89. The third-order valence-electron chi connectivity index (χ3n) is 6.80. The van der Waals surface area contributed by atoms with Crippen LogP contribution in [-0.2, 0) is 10.0 Å². The SMILES string of the molecule is CC(C)n1c(=O)sc2cc(S(=O)(=O)NC34CC5CC(CC(C5)C3)C4)ccc21. The van der Waals surface area contributed by atoms with E-state index in [-0.39, 0.29) is 21.3 Å². The van der Waals surface area contributed by atoms with Crippen LogP contribution >= 0.6 is 11.3 Å². The van der Waals surface area contributed by atoms with Gasteiger partial charge in [0.25, 0.3) is 0 Å². The molecule has 0 aliphatic heterocycles. The predicted molar refractivity (Wildman–Crippen MR) is 108 cm³/mol. The van der Waals surface area contributed by atoms with Gasteiger partial charge in [-0.05, 0) is 88.3 Å². The Labute approximate surface area is 163 Å². The van der Waals surface area contributed by atoms with Gasteiger partial charge in [0.1, 0.15) is 0 Å². The van der Waals surface area contributed by atoms with Crippen molar-refractivity contribution in [1.82, 2.24) is 9.29 Å². The summed E-state index contributed by atoms with van der Waals surface area (Å²) in [5.41, 5.74) is 0.563. The van der Waals surface area contributed by atoms with Gasteiger partial charge in [-0.1, -0.05) is 11.3 Å². The van der Waals surface area contributed by atoms with Gasteiger partial charge < -0.3 is 0 Å². The third-order valence-corrected chi connectivity index (χ3v) is 9.30. The molecule has 5 nitrogen and oxygen atoms in total. The Balaban J connectivity index is 1.49. The fourth-order valence-corrected chi connectivity index (χ4v) is 8.84. The lowest BCUT2D eigenvalue weighted by Crippen LogP contribution is -2.59. The number of hydrogen-bond acceptors (Lipinski definition) is 4. The van der Waals surface area contributed by atoms with Crippen LogP contribution in [0.4, 0.5) is 0 Å². The van der Waals surface area contributed by atoms with E-state index in [0.29, 0.717) is 17.8 Å². The molecule has 0 radical (unpaired) electrons. The smallest absolute Gasteiger partial charge is 0.296 e. The van der Waals surface area contributed by atoms with Crippen LogP contribution in [0.25, 0.3) is 10.2 Å². The lowest BCUT2D eigenvalue weighted by atomic mass is 9.53. The van der Waals surface area contributed by atoms with Crippen molar-refractivity contribution in [2.24, 2.45) is 17.8 Å². The maximum absolute atomic E-state index is 13.2. The first kappa shape index (κ1) is 17.9. The van der Waals surface area contributed by atoms with Gasteiger partial charge in [-0.15, -0.1) is 0 Å². The van der Waals surface area contributed by atoms with Crippen LogP contribution < -0.4 is 9.60 Å². The molecular formula is C20H26N2O3S2. The molecule has 1 aromatic carbocycles. The Hall–Kier alpha value is -1.18. The highest BCUT2D eigenvalue weighted by Crippen LogP contribution is 2.56. The number of nitrogens with one attached hydrogen (secondary N) is 1. The minimum absolute atomic E-state index is 0.0383. The van der Waals surface area contributed by atoms with E-state index in [1.807, 2.05) is 13.8 Å². The van der Waals surface area contributed by atoms with Gasteiger partial charge in [-0.2, -0.15) is 0 Å². The summed E-state index contributed by atoms with van der Waals surface area (Å²) in [5, 5.41) is 0. The van der Waals surface area contributed by atoms with E-state index in [9.17, 15) is 13.2 Å². The van der Waals surface area contributed by atoms with E-state index in [2.05, 4.69) is 4.72 Å². The normalized spacial score (nSPS) is 32.6. The standard InChI is InChI=1S/C20H26N2O3S2/c1-12(2)22-17-4-3-16(8-18(17)26-19(22)23)27(24,25)21-20-9-13-5-14(10-20)7-15(6-13)11-20/h3-4,8,12-15,21H,5-7,9-11H2,1-2H3. The Morgan fingerprint density at radius 3 is 2.26 bits per heavy atom. The van der Waals surface area contributed by atoms with E-state index in [4.69, 9.17) is 0 Å². The van der Waals surface area contributed by atoms with Gasteiger partial charge >= 0.3 is 4.87 Å². The summed E-state index contributed by atoms with van der Waals surface area (Å²) in [4.78, 5) is 12.5.